The van der Waals surface area contributed by atoms with Crippen molar-refractivity contribution in [3.63, 3.8) is 0 Å². The Balaban J connectivity index is 0.000000464. The number of fused-ring (bicyclic) bond motifs is 3. The molecule has 0 aromatic heterocycles. The average molecular weight is 547 g/mol. The number of hydrogen-bond donors (Lipinski definition) is 0. The summed E-state index contributed by atoms with van der Waals surface area (Å²) in [5.41, 5.74) is 8.09. The third-order valence-electron chi connectivity index (χ3n) is 4.97. The maximum absolute atomic E-state index is 3.30. The molecule has 0 atom stereocenters. The molecule has 0 spiro atoms. The molecule has 0 fully saturated rings. The van der Waals surface area contributed by atoms with Gasteiger partial charge in [0.25, 0.3) is 0 Å². The zero-order valence-electron chi connectivity index (χ0n) is 20.8. The van der Waals surface area contributed by atoms with Gasteiger partial charge in [0, 0.05) is 0 Å². The molecule has 0 heterocycles. The van der Waals surface area contributed by atoms with E-state index in [0.29, 0.717) is 0 Å². The summed E-state index contributed by atoms with van der Waals surface area (Å²) < 4.78 is 0. The predicted octanol–water partition coefficient (Wildman–Crippen LogP) is 8.76. The van der Waals surface area contributed by atoms with E-state index in [1.54, 1.807) is 20.0 Å². The zero-order valence-corrected chi connectivity index (χ0v) is 24.0. The standard InChI is InChI=1S/C13H9.2C7H7.C5H5.CH2.2ClH.Ti/c1-3-7-12-10(5-1)9-11-6-2-4-8-13(11)12;2*1-7-5-3-2-4-6-7;1-2-4-5-3-1;;;;/h1-5,7-8H,9H2;2*3-6H,1H3;1-3H,4H2;1H2;2*1H;/q4*-1;;;;. The van der Waals surface area contributed by atoms with Gasteiger partial charge in [-0.05, 0) is 6.42 Å². The van der Waals surface area contributed by atoms with Crippen LogP contribution < -0.4 is 0 Å². The number of aryl methyl sites for hydroxylation is 2. The quantitative estimate of drug-likeness (QED) is 0.134. The Bertz CT molecular complexity index is 1060. The van der Waals surface area contributed by atoms with Gasteiger partial charge in [-0.15, -0.1) is 36.8 Å². The Labute approximate surface area is 241 Å². The first-order valence-electron chi connectivity index (χ1n) is 11.2. The molecule has 36 heavy (non-hydrogen) atoms. The van der Waals surface area contributed by atoms with Crippen LogP contribution >= 0.6 is 24.8 Å². The van der Waals surface area contributed by atoms with Crippen molar-refractivity contribution in [3.05, 3.63) is 156 Å². The van der Waals surface area contributed by atoms with E-state index in [2.05, 4.69) is 85.4 Å². The summed E-state index contributed by atoms with van der Waals surface area (Å²) in [5, 5.41) is 0. The van der Waals surface area contributed by atoms with Gasteiger partial charge in [0.05, 0.1) is 0 Å². The first-order valence-corrected chi connectivity index (χ1v) is 12.3. The van der Waals surface area contributed by atoms with Gasteiger partial charge in [-0.2, -0.15) is 108 Å². The molecule has 0 aliphatic heterocycles. The minimum Gasteiger partial charge on any atom is -0.179 e. The topological polar surface area (TPSA) is 0 Å². The minimum absolute atomic E-state index is 0. The molecule has 0 saturated carbocycles. The number of halogens is 2. The molecule has 0 saturated heterocycles. The van der Waals surface area contributed by atoms with Gasteiger partial charge in [0.15, 0.2) is 0 Å². The van der Waals surface area contributed by atoms with E-state index in [-0.39, 0.29) is 24.8 Å². The van der Waals surface area contributed by atoms with E-state index in [9.17, 15) is 0 Å². The molecular weight excluding hydrogens is 515 g/mol. The Kier molecular flexibility index (Phi) is 19.3. The SMILES string of the molecule is Cc1cc[c-]cc1.Cc1cc[c-]cc1.Cl.Cl.[C-]1=CC=CC1.[CH2]=[Ti].[c-]1cccc2c1Cc1ccccc1-2. The van der Waals surface area contributed by atoms with E-state index in [1.165, 1.54) is 33.4 Å². The van der Waals surface area contributed by atoms with Crippen molar-refractivity contribution in [2.24, 2.45) is 0 Å². The van der Waals surface area contributed by atoms with Crippen molar-refractivity contribution < 1.29 is 20.0 Å². The molecular formula is C33H32Cl2Ti-4. The molecule has 6 rings (SSSR count). The number of hydrogen-bond acceptors (Lipinski definition) is 0. The van der Waals surface area contributed by atoms with Gasteiger partial charge in [-0.3, -0.25) is 6.08 Å². The molecule has 0 unspecified atom stereocenters. The van der Waals surface area contributed by atoms with Crippen molar-refractivity contribution in [2.45, 2.75) is 26.7 Å². The van der Waals surface area contributed by atoms with E-state index >= 15 is 0 Å². The Hall–Kier alpha value is -2.48. The fraction of sp³-hybridized carbons (Fsp3) is 0.121. The van der Waals surface area contributed by atoms with Crippen molar-refractivity contribution in [2.75, 3.05) is 0 Å². The van der Waals surface area contributed by atoms with E-state index in [0.717, 1.165) is 12.8 Å². The van der Waals surface area contributed by atoms with Gasteiger partial charge in [-0.25, -0.2) is 12.2 Å². The fourth-order valence-electron chi connectivity index (χ4n) is 3.28. The Morgan fingerprint density at radius 2 is 1.25 bits per heavy atom. The van der Waals surface area contributed by atoms with Crippen LogP contribution in [0.2, 0.25) is 0 Å². The second kappa shape index (κ2) is 20.7. The van der Waals surface area contributed by atoms with Crippen molar-refractivity contribution >= 4 is 29.6 Å². The molecule has 0 N–H and O–H groups in total. The smallest absolute Gasteiger partial charge is 0.0253 e. The van der Waals surface area contributed by atoms with Gasteiger partial charge >= 0.3 is 24.8 Å². The van der Waals surface area contributed by atoms with Crippen molar-refractivity contribution in [1.82, 2.24) is 0 Å². The minimum atomic E-state index is 0. The first kappa shape index (κ1) is 33.5. The molecule has 3 heteroatoms. The third-order valence-corrected chi connectivity index (χ3v) is 4.97. The Morgan fingerprint density at radius 1 is 0.694 bits per heavy atom. The van der Waals surface area contributed by atoms with E-state index in [4.69, 9.17) is 0 Å². The summed E-state index contributed by atoms with van der Waals surface area (Å²) in [6.07, 6.45) is 11.0. The summed E-state index contributed by atoms with van der Waals surface area (Å²) in [6, 6.07) is 39.7. The second-order valence-corrected chi connectivity index (χ2v) is 7.55. The maximum atomic E-state index is 3.30. The average Bonchev–Trinajstić information content (AvgIpc) is 3.59. The summed E-state index contributed by atoms with van der Waals surface area (Å²) in [4.78, 5) is 3.25. The molecule has 186 valence electrons. The summed E-state index contributed by atoms with van der Waals surface area (Å²) >= 11 is 1.75. The largest absolute Gasteiger partial charge is 0.179 e. The predicted molar refractivity (Wildman–Crippen MR) is 157 cm³/mol. The van der Waals surface area contributed by atoms with E-state index < -0.39 is 0 Å². The summed E-state index contributed by atoms with van der Waals surface area (Å²) in [6.45, 7) is 4.13. The van der Waals surface area contributed by atoms with Gasteiger partial charge < -0.3 is 0 Å². The van der Waals surface area contributed by atoms with Crippen molar-refractivity contribution in [1.29, 1.82) is 0 Å². The molecule has 4 aromatic rings. The van der Waals surface area contributed by atoms with Gasteiger partial charge in [0.1, 0.15) is 0 Å². The van der Waals surface area contributed by atoms with Crippen LogP contribution in [-0.2, 0) is 26.4 Å². The molecule has 2 aliphatic rings. The van der Waals surface area contributed by atoms with Crippen LogP contribution in [0.3, 0.4) is 0 Å². The fourth-order valence-corrected chi connectivity index (χ4v) is 3.28. The van der Waals surface area contributed by atoms with Crippen LogP contribution in [0.4, 0.5) is 0 Å². The van der Waals surface area contributed by atoms with Crippen LogP contribution in [0.25, 0.3) is 11.1 Å². The van der Waals surface area contributed by atoms with Crippen LogP contribution in [0.15, 0.2) is 109 Å². The van der Waals surface area contributed by atoms with Gasteiger partial charge in [0.2, 0.25) is 0 Å². The molecule has 4 aromatic carbocycles. The monoisotopic (exact) mass is 546 g/mol. The number of rotatable bonds is 0. The van der Waals surface area contributed by atoms with Crippen LogP contribution in [0.5, 0.6) is 0 Å². The van der Waals surface area contributed by atoms with E-state index in [1.807, 2.05) is 66.7 Å². The van der Waals surface area contributed by atoms with Crippen LogP contribution in [0.1, 0.15) is 28.7 Å². The summed E-state index contributed by atoms with van der Waals surface area (Å²) in [7, 11) is 0. The van der Waals surface area contributed by atoms with Crippen molar-refractivity contribution in [3.8, 4) is 11.1 Å². The normalized spacial score (nSPS) is 10.4. The molecule has 0 nitrogen and oxygen atoms in total. The molecule has 2 aliphatic carbocycles. The molecule has 0 bridgehead atoms. The maximum Gasteiger partial charge on any atom is -0.0253 e. The third kappa shape index (κ3) is 12.5. The number of benzene rings is 4. The number of allylic oxidation sites excluding steroid dienone is 4. The molecule has 0 amide bonds. The molecule has 0 radical (unpaired) electrons. The van der Waals surface area contributed by atoms with Crippen LogP contribution in [-0.4, -0.2) is 4.82 Å². The van der Waals surface area contributed by atoms with Gasteiger partial charge in [-0.1, -0.05) is 49.2 Å². The summed E-state index contributed by atoms with van der Waals surface area (Å²) in [5.74, 6) is 0. The Morgan fingerprint density at radius 3 is 1.69 bits per heavy atom. The second-order valence-electron chi connectivity index (χ2n) is 7.55. The zero-order chi connectivity index (χ0) is 24.4. The van der Waals surface area contributed by atoms with Crippen LogP contribution in [0, 0.1) is 38.1 Å². The first-order chi connectivity index (χ1) is 16.7.